The number of amides is 1. The Morgan fingerprint density at radius 2 is 2.00 bits per heavy atom. The maximum Gasteiger partial charge on any atom is 0.315 e. The van der Waals surface area contributed by atoms with Gasteiger partial charge in [0.2, 0.25) is 5.91 Å². The van der Waals surface area contributed by atoms with Crippen LogP contribution in [0.5, 0.6) is 0 Å². The first-order valence-electron chi connectivity index (χ1n) is 5.42. The van der Waals surface area contributed by atoms with Gasteiger partial charge < -0.3 is 14.7 Å². The number of carboxylic acids is 1. The Morgan fingerprint density at radius 1 is 1.41 bits per heavy atom. The predicted molar refractivity (Wildman–Crippen MR) is 58.1 cm³/mol. The molecule has 6 nitrogen and oxygen atoms in total. The summed E-state index contributed by atoms with van der Waals surface area (Å²) in [5, 5.41) is 8.76. The minimum Gasteiger partial charge on any atom is -0.481 e. The maximum atomic E-state index is 11.8. The van der Waals surface area contributed by atoms with Gasteiger partial charge in [0.05, 0.1) is 12.5 Å². The normalized spacial score (nSPS) is 25.5. The second-order valence-corrected chi connectivity index (χ2v) is 4.62. The lowest BCUT2D eigenvalue weighted by molar-refractivity contribution is -0.152. The van der Waals surface area contributed by atoms with Crippen molar-refractivity contribution in [1.82, 2.24) is 4.90 Å². The molecule has 1 fully saturated rings. The van der Waals surface area contributed by atoms with Crippen molar-refractivity contribution in [3.63, 3.8) is 0 Å². The van der Waals surface area contributed by atoms with Gasteiger partial charge in [0, 0.05) is 13.1 Å². The summed E-state index contributed by atoms with van der Waals surface area (Å²) >= 11 is 0. The molecule has 1 heterocycles. The molecule has 6 heteroatoms. The lowest BCUT2D eigenvalue weighted by Crippen LogP contribution is -2.39. The van der Waals surface area contributed by atoms with E-state index in [4.69, 9.17) is 5.11 Å². The summed E-state index contributed by atoms with van der Waals surface area (Å²) in [6.07, 6.45) is 0.498. The van der Waals surface area contributed by atoms with Gasteiger partial charge in [-0.15, -0.1) is 0 Å². The van der Waals surface area contributed by atoms with Crippen LogP contribution in [-0.2, 0) is 19.1 Å². The van der Waals surface area contributed by atoms with E-state index in [1.54, 1.807) is 6.92 Å². The van der Waals surface area contributed by atoms with Crippen LogP contribution in [0.25, 0.3) is 0 Å². The SMILES string of the molecule is COC(=O)C1(C)CCN(C(=O)C(C)C(=O)O)C1. The van der Waals surface area contributed by atoms with Crippen LogP contribution in [0.1, 0.15) is 20.3 Å². The second-order valence-electron chi connectivity index (χ2n) is 4.62. The number of nitrogens with zero attached hydrogens (tertiary/aromatic N) is 1. The fourth-order valence-electron chi connectivity index (χ4n) is 1.94. The standard InChI is InChI=1S/C11H17NO5/c1-7(9(14)15)8(13)12-5-4-11(2,6-12)10(16)17-3/h7H,4-6H2,1-3H3,(H,14,15). The van der Waals surface area contributed by atoms with Crippen LogP contribution in [0.15, 0.2) is 0 Å². The Balaban J connectivity index is 2.71. The van der Waals surface area contributed by atoms with Crippen LogP contribution in [0.2, 0.25) is 0 Å². The molecule has 1 N–H and O–H groups in total. The predicted octanol–water partition coefficient (Wildman–Crippen LogP) is 0.119. The average Bonchev–Trinajstić information content (AvgIpc) is 2.70. The van der Waals surface area contributed by atoms with E-state index in [1.165, 1.54) is 18.9 Å². The molecular weight excluding hydrogens is 226 g/mol. The Morgan fingerprint density at radius 3 is 2.47 bits per heavy atom. The molecule has 1 aliphatic rings. The first-order valence-corrected chi connectivity index (χ1v) is 5.42. The zero-order chi connectivity index (χ0) is 13.2. The highest BCUT2D eigenvalue weighted by Crippen LogP contribution is 2.31. The van der Waals surface area contributed by atoms with Crippen molar-refractivity contribution in [1.29, 1.82) is 0 Å². The fourth-order valence-corrected chi connectivity index (χ4v) is 1.94. The molecule has 0 aromatic carbocycles. The number of rotatable bonds is 3. The van der Waals surface area contributed by atoms with E-state index in [0.29, 0.717) is 13.0 Å². The van der Waals surface area contributed by atoms with Gasteiger partial charge in [0.1, 0.15) is 5.92 Å². The number of esters is 1. The zero-order valence-corrected chi connectivity index (χ0v) is 10.2. The third-order valence-electron chi connectivity index (χ3n) is 3.20. The van der Waals surface area contributed by atoms with Crippen LogP contribution in [0.3, 0.4) is 0 Å². The molecule has 0 radical (unpaired) electrons. The molecule has 0 aromatic heterocycles. The summed E-state index contributed by atoms with van der Waals surface area (Å²) in [7, 11) is 1.30. The molecule has 2 atom stereocenters. The smallest absolute Gasteiger partial charge is 0.315 e. The molecule has 1 aliphatic heterocycles. The van der Waals surface area contributed by atoms with E-state index < -0.39 is 23.2 Å². The fraction of sp³-hybridized carbons (Fsp3) is 0.727. The number of hydrogen-bond acceptors (Lipinski definition) is 4. The Bertz CT molecular complexity index is 354. The summed E-state index contributed by atoms with van der Waals surface area (Å²) in [6.45, 7) is 3.67. The maximum absolute atomic E-state index is 11.8. The molecule has 1 rings (SSSR count). The average molecular weight is 243 g/mol. The minimum absolute atomic E-state index is 0.218. The molecule has 1 saturated heterocycles. The molecule has 0 saturated carbocycles. The van der Waals surface area contributed by atoms with Crippen LogP contribution in [-0.4, -0.2) is 48.1 Å². The van der Waals surface area contributed by atoms with Gasteiger partial charge in [0.25, 0.3) is 0 Å². The van der Waals surface area contributed by atoms with Gasteiger partial charge in [-0.05, 0) is 20.3 Å². The van der Waals surface area contributed by atoms with Gasteiger partial charge >= 0.3 is 11.9 Å². The lowest BCUT2D eigenvalue weighted by atomic mass is 9.90. The largest absolute Gasteiger partial charge is 0.481 e. The van der Waals surface area contributed by atoms with Crippen molar-refractivity contribution in [3.8, 4) is 0 Å². The minimum atomic E-state index is -1.15. The number of methoxy groups -OCH3 is 1. The number of ether oxygens (including phenoxy) is 1. The van der Waals surface area contributed by atoms with Crippen LogP contribution >= 0.6 is 0 Å². The number of carbonyl (C=O) groups is 3. The highest BCUT2D eigenvalue weighted by molar-refractivity contribution is 5.97. The summed E-state index contributed by atoms with van der Waals surface area (Å²) < 4.78 is 4.68. The van der Waals surface area contributed by atoms with Crippen molar-refractivity contribution in [2.75, 3.05) is 20.2 Å². The van der Waals surface area contributed by atoms with Gasteiger partial charge in [-0.2, -0.15) is 0 Å². The van der Waals surface area contributed by atoms with E-state index >= 15 is 0 Å². The second kappa shape index (κ2) is 4.73. The molecule has 0 spiro atoms. The summed E-state index contributed by atoms with van der Waals surface area (Å²) in [4.78, 5) is 35.4. The summed E-state index contributed by atoms with van der Waals surface area (Å²) in [6, 6.07) is 0. The Kier molecular flexibility index (Phi) is 3.75. The first kappa shape index (κ1) is 13.5. The Hall–Kier alpha value is -1.59. The molecule has 17 heavy (non-hydrogen) atoms. The summed E-state index contributed by atoms with van der Waals surface area (Å²) in [5.74, 6) is -3.04. The summed E-state index contributed by atoms with van der Waals surface area (Å²) in [5.41, 5.74) is -0.720. The number of aliphatic carboxylic acids is 1. The number of likely N-dealkylation sites (tertiary alicyclic amines) is 1. The highest BCUT2D eigenvalue weighted by atomic mass is 16.5. The van der Waals surface area contributed by atoms with E-state index in [-0.39, 0.29) is 12.5 Å². The van der Waals surface area contributed by atoms with E-state index in [9.17, 15) is 14.4 Å². The van der Waals surface area contributed by atoms with Gasteiger partial charge in [0.15, 0.2) is 0 Å². The van der Waals surface area contributed by atoms with Gasteiger partial charge in [-0.25, -0.2) is 0 Å². The van der Waals surface area contributed by atoms with Crippen molar-refractivity contribution >= 4 is 17.8 Å². The number of carboxylic acid groups (broad SMARTS) is 1. The highest BCUT2D eigenvalue weighted by Gasteiger charge is 2.44. The van der Waals surface area contributed by atoms with Crippen molar-refractivity contribution in [3.05, 3.63) is 0 Å². The van der Waals surface area contributed by atoms with Gasteiger partial charge in [-0.3, -0.25) is 14.4 Å². The molecule has 0 aromatic rings. The van der Waals surface area contributed by atoms with Crippen LogP contribution in [0, 0.1) is 11.3 Å². The molecule has 0 bridgehead atoms. The zero-order valence-electron chi connectivity index (χ0n) is 10.2. The quantitative estimate of drug-likeness (QED) is 0.562. The van der Waals surface area contributed by atoms with E-state index in [0.717, 1.165) is 0 Å². The van der Waals surface area contributed by atoms with Crippen LogP contribution in [0.4, 0.5) is 0 Å². The van der Waals surface area contributed by atoms with E-state index in [1.807, 2.05) is 0 Å². The molecule has 0 aliphatic carbocycles. The van der Waals surface area contributed by atoms with Gasteiger partial charge in [-0.1, -0.05) is 0 Å². The van der Waals surface area contributed by atoms with E-state index in [2.05, 4.69) is 4.74 Å². The monoisotopic (exact) mass is 243 g/mol. The molecule has 96 valence electrons. The third-order valence-corrected chi connectivity index (χ3v) is 3.20. The number of carbonyl (C=O) groups excluding carboxylic acids is 2. The lowest BCUT2D eigenvalue weighted by Gasteiger charge is -2.22. The molecule has 1 amide bonds. The van der Waals surface area contributed by atoms with Crippen molar-refractivity contribution in [2.45, 2.75) is 20.3 Å². The third kappa shape index (κ3) is 2.57. The number of hydrogen-bond donors (Lipinski definition) is 1. The van der Waals surface area contributed by atoms with Crippen molar-refractivity contribution < 1.29 is 24.2 Å². The molecular formula is C11H17NO5. The molecule has 2 unspecified atom stereocenters. The first-order chi connectivity index (χ1) is 7.81. The van der Waals surface area contributed by atoms with Crippen molar-refractivity contribution in [2.24, 2.45) is 11.3 Å². The topological polar surface area (TPSA) is 83.9 Å². The van der Waals surface area contributed by atoms with Crippen LogP contribution < -0.4 is 0 Å². The Labute approximate surface area is 99.5 Å².